The molecule has 2 aromatic rings. The third-order valence-corrected chi connectivity index (χ3v) is 3.03. The zero-order valence-corrected chi connectivity index (χ0v) is 10.6. The number of Topliss-reactive ketones (excluding diaryl/α,β-unsaturated/α-hetero) is 1. The van der Waals surface area contributed by atoms with E-state index in [-0.39, 0.29) is 21.9 Å². The Morgan fingerprint density at radius 3 is 2.32 bits per heavy atom. The predicted molar refractivity (Wildman–Crippen MR) is 66.8 cm³/mol. The van der Waals surface area contributed by atoms with Gasteiger partial charge >= 0.3 is 0 Å². The fourth-order valence-electron chi connectivity index (χ4n) is 1.68. The summed E-state index contributed by atoms with van der Waals surface area (Å²) in [5.74, 6) is -4.41. The Labute approximate surface area is 112 Å². The van der Waals surface area contributed by atoms with Crippen LogP contribution in [0.15, 0.2) is 30.3 Å². The van der Waals surface area contributed by atoms with E-state index in [9.17, 15) is 18.0 Å². The van der Waals surface area contributed by atoms with Gasteiger partial charge in [0, 0.05) is 21.7 Å². The Bertz CT molecular complexity index is 668. The van der Waals surface area contributed by atoms with Crippen molar-refractivity contribution < 1.29 is 18.0 Å². The Kier molecular flexibility index (Phi) is 3.62. The van der Waals surface area contributed by atoms with Gasteiger partial charge < -0.3 is 0 Å². The molecule has 0 radical (unpaired) electrons. The standard InChI is InChI=1S/C14H8ClF3O/c1-7(19)8-2-4-11(15)10(6-8)9-3-5-12(16)14(18)13(9)17/h2-6H,1H3. The van der Waals surface area contributed by atoms with Crippen LogP contribution in [0.25, 0.3) is 11.1 Å². The first-order valence-corrected chi connectivity index (χ1v) is 5.74. The van der Waals surface area contributed by atoms with E-state index in [1.54, 1.807) is 0 Å². The third-order valence-electron chi connectivity index (χ3n) is 2.70. The van der Waals surface area contributed by atoms with Gasteiger partial charge in [-0.2, -0.15) is 0 Å². The lowest BCUT2D eigenvalue weighted by Gasteiger charge is -2.08. The largest absolute Gasteiger partial charge is 0.295 e. The molecule has 0 aromatic heterocycles. The molecule has 0 aliphatic heterocycles. The number of rotatable bonds is 2. The van der Waals surface area contributed by atoms with Crippen molar-refractivity contribution >= 4 is 17.4 Å². The molecule has 0 spiro atoms. The van der Waals surface area contributed by atoms with E-state index in [0.29, 0.717) is 5.56 Å². The van der Waals surface area contributed by atoms with Crippen molar-refractivity contribution in [2.45, 2.75) is 6.92 Å². The third kappa shape index (κ3) is 2.49. The summed E-state index contributed by atoms with van der Waals surface area (Å²) in [6, 6.07) is 6.13. The summed E-state index contributed by atoms with van der Waals surface area (Å²) in [4.78, 5) is 11.3. The van der Waals surface area contributed by atoms with Gasteiger partial charge in [-0.25, -0.2) is 13.2 Å². The fourth-order valence-corrected chi connectivity index (χ4v) is 1.90. The van der Waals surface area contributed by atoms with Gasteiger partial charge in [-0.1, -0.05) is 11.6 Å². The van der Waals surface area contributed by atoms with Gasteiger partial charge in [0.25, 0.3) is 0 Å². The van der Waals surface area contributed by atoms with E-state index in [0.717, 1.165) is 12.1 Å². The summed E-state index contributed by atoms with van der Waals surface area (Å²) < 4.78 is 39.8. The smallest absolute Gasteiger partial charge is 0.195 e. The van der Waals surface area contributed by atoms with E-state index in [4.69, 9.17) is 11.6 Å². The number of hydrogen-bond donors (Lipinski definition) is 0. The van der Waals surface area contributed by atoms with Crippen LogP contribution in [-0.2, 0) is 0 Å². The minimum absolute atomic E-state index is 0.144. The van der Waals surface area contributed by atoms with Crippen molar-refractivity contribution in [2.75, 3.05) is 0 Å². The summed E-state index contributed by atoms with van der Waals surface area (Å²) in [5.41, 5.74) is 0.265. The zero-order chi connectivity index (χ0) is 14.2. The molecule has 0 amide bonds. The normalized spacial score (nSPS) is 10.6. The van der Waals surface area contributed by atoms with Crippen molar-refractivity contribution in [3.8, 4) is 11.1 Å². The minimum atomic E-state index is -1.57. The summed E-state index contributed by atoms with van der Waals surface area (Å²) in [5, 5.41) is 0.148. The van der Waals surface area contributed by atoms with Crippen LogP contribution in [0.3, 0.4) is 0 Å². The highest BCUT2D eigenvalue weighted by molar-refractivity contribution is 6.33. The van der Waals surface area contributed by atoms with Gasteiger partial charge in [0.2, 0.25) is 0 Å². The van der Waals surface area contributed by atoms with Gasteiger partial charge in [0.1, 0.15) is 0 Å². The first kappa shape index (κ1) is 13.6. The molecule has 1 nitrogen and oxygen atoms in total. The average Bonchev–Trinajstić information content (AvgIpc) is 2.37. The molecule has 98 valence electrons. The maximum atomic E-state index is 13.7. The molecule has 0 heterocycles. The number of ketones is 1. The molecule has 5 heteroatoms. The highest BCUT2D eigenvalue weighted by Crippen LogP contribution is 2.32. The van der Waals surface area contributed by atoms with E-state index in [1.807, 2.05) is 0 Å². The summed E-state index contributed by atoms with van der Waals surface area (Å²) in [6.07, 6.45) is 0. The van der Waals surface area contributed by atoms with E-state index in [1.165, 1.54) is 25.1 Å². The SMILES string of the molecule is CC(=O)c1ccc(Cl)c(-c2ccc(F)c(F)c2F)c1. The van der Waals surface area contributed by atoms with Crippen LogP contribution in [0.4, 0.5) is 13.2 Å². The van der Waals surface area contributed by atoms with Crippen LogP contribution in [0.5, 0.6) is 0 Å². The Balaban J connectivity index is 2.68. The molecule has 0 bridgehead atoms. The van der Waals surface area contributed by atoms with Gasteiger partial charge in [0.15, 0.2) is 23.2 Å². The van der Waals surface area contributed by atoms with E-state index < -0.39 is 17.5 Å². The van der Waals surface area contributed by atoms with Gasteiger partial charge in [-0.3, -0.25) is 4.79 Å². The quantitative estimate of drug-likeness (QED) is 0.580. The zero-order valence-electron chi connectivity index (χ0n) is 9.81. The molecule has 0 N–H and O–H groups in total. The molecular weight excluding hydrogens is 277 g/mol. The van der Waals surface area contributed by atoms with Crippen LogP contribution in [0.1, 0.15) is 17.3 Å². The molecule has 2 rings (SSSR count). The van der Waals surface area contributed by atoms with E-state index >= 15 is 0 Å². The molecule has 19 heavy (non-hydrogen) atoms. The Morgan fingerprint density at radius 2 is 1.68 bits per heavy atom. The number of hydrogen-bond acceptors (Lipinski definition) is 1. The second-order valence-electron chi connectivity index (χ2n) is 3.97. The lowest BCUT2D eigenvalue weighted by atomic mass is 10.0. The molecule has 0 aliphatic rings. The topological polar surface area (TPSA) is 17.1 Å². The van der Waals surface area contributed by atoms with Gasteiger partial charge in [-0.05, 0) is 37.3 Å². The van der Waals surface area contributed by atoms with Crippen molar-refractivity contribution in [3.05, 3.63) is 58.4 Å². The molecule has 0 aliphatic carbocycles. The average molecular weight is 285 g/mol. The maximum absolute atomic E-state index is 13.7. The highest BCUT2D eigenvalue weighted by Gasteiger charge is 2.17. The molecule has 0 saturated heterocycles. The van der Waals surface area contributed by atoms with Crippen molar-refractivity contribution in [1.82, 2.24) is 0 Å². The van der Waals surface area contributed by atoms with Crippen LogP contribution >= 0.6 is 11.6 Å². The number of carbonyl (C=O) groups is 1. The second-order valence-corrected chi connectivity index (χ2v) is 4.38. The number of carbonyl (C=O) groups excluding carboxylic acids is 1. The monoisotopic (exact) mass is 284 g/mol. The molecule has 0 unspecified atom stereocenters. The molecule has 0 atom stereocenters. The van der Waals surface area contributed by atoms with Crippen LogP contribution in [-0.4, -0.2) is 5.78 Å². The lowest BCUT2D eigenvalue weighted by Crippen LogP contribution is -1.97. The molecule has 2 aromatic carbocycles. The van der Waals surface area contributed by atoms with Crippen molar-refractivity contribution in [2.24, 2.45) is 0 Å². The Hall–Kier alpha value is -1.81. The summed E-state index contributed by atoms with van der Waals surface area (Å²) >= 11 is 5.91. The van der Waals surface area contributed by atoms with Gasteiger partial charge in [0.05, 0.1) is 0 Å². The first-order chi connectivity index (χ1) is 8.91. The first-order valence-electron chi connectivity index (χ1n) is 5.36. The Morgan fingerprint density at radius 1 is 1.00 bits per heavy atom. The second kappa shape index (κ2) is 5.05. The van der Waals surface area contributed by atoms with Crippen LogP contribution < -0.4 is 0 Å². The number of benzene rings is 2. The predicted octanol–water partition coefficient (Wildman–Crippen LogP) is 4.63. The lowest BCUT2D eigenvalue weighted by molar-refractivity contribution is 0.101. The molecular formula is C14H8ClF3O. The van der Waals surface area contributed by atoms with Gasteiger partial charge in [-0.15, -0.1) is 0 Å². The summed E-state index contributed by atoms with van der Waals surface area (Å²) in [6.45, 7) is 1.34. The summed E-state index contributed by atoms with van der Waals surface area (Å²) in [7, 11) is 0. The maximum Gasteiger partial charge on any atom is 0.195 e. The van der Waals surface area contributed by atoms with Crippen molar-refractivity contribution in [1.29, 1.82) is 0 Å². The van der Waals surface area contributed by atoms with Crippen molar-refractivity contribution in [3.63, 3.8) is 0 Å². The molecule has 0 saturated carbocycles. The van der Waals surface area contributed by atoms with Crippen LogP contribution in [0.2, 0.25) is 5.02 Å². The minimum Gasteiger partial charge on any atom is -0.295 e. The van der Waals surface area contributed by atoms with Crippen LogP contribution in [0, 0.1) is 17.5 Å². The fraction of sp³-hybridized carbons (Fsp3) is 0.0714. The number of halogens is 4. The molecule has 0 fully saturated rings. The highest BCUT2D eigenvalue weighted by atomic mass is 35.5. The van der Waals surface area contributed by atoms with E-state index in [2.05, 4.69) is 0 Å².